The lowest BCUT2D eigenvalue weighted by Crippen LogP contribution is -2.16. The van der Waals surface area contributed by atoms with E-state index < -0.39 is 10.0 Å². The summed E-state index contributed by atoms with van der Waals surface area (Å²) in [6, 6.07) is 14.1. The first-order valence-electron chi connectivity index (χ1n) is 6.32. The van der Waals surface area contributed by atoms with Gasteiger partial charge in [-0.25, -0.2) is 8.42 Å². The summed E-state index contributed by atoms with van der Waals surface area (Å²) in [7, 11) is -3.48. The maximum Gasteiger partial charge on any atom is 0.236 e. The van der Waals surface area contributed by atoms with Crippen molar-refractivity contribution >= 4 is 32.9 Å². The standard InChI is InChI=1S/C15H16N2O2S2/c1-11-4-2-7-14(8-11)17-21(18,19)10-12-5-3-6-13(9-12)15(16)20/h2-9,17H,10H2,1H3,(H2,16,20). The second-order valence-corrected chi connectivity index (χ2v) is 6.96. The van der Waals surface area contributed by atoms with Crippen LogP contribution >= 0.6 is 12.2 Å². The van der Waals surface area contributed by atoms with E-state index in [9.17, 15) is 8.42 Å². The molecule has 0 amide bonds. The second-order valence-electron chi connectivity index (χ2n) is 4.80. The van der Waals surface area contributed by atoms with Crippen LogP contribution in [-0.2, 0) is 15.8 Å². The minimum atomic E-state index is -3.48. The monoisotopic (exact) mass is 320 g/mol. The number of sulfonamides is 1. The average Bonchev–Trinajstić information content (AvgIpc) is 2.37. The Morgan fingerprint density at radius 1 is 1.19 bits per heavy atom. The fourth-order valence-corrected chi connectivity index (χ4v) is 3.26. The first kappa shape index (κ1) is 15.5. The molecule has 0 aromatic heterocycles. The summed E-state index contributed by atoms with van der Waals surface area (Å²) in [5.74, 6) is -0.128. The molecule has 2 aromatic rings. The van der Waals surface area contributed by atoms with Crippen LogP contribution in [-0.4, -0.2) is 13.4 Å². The summed E-state index contributed by atoms with van der Waals surface area (Å²) in [6.07, 6.45) is 0. The molecule has 0 radical (unpaired) electrons. The van der Waals surface area contributed by atoms with Gasteiger partial charge in [0.15, 0.2) is 0 Å². The zero-order chi connectivity index (χ0) is 15.5. The first-order valence-corrected chi connectivity index (χ1v) is 8.38. The molecule has 0 saturated heterocycles. The van der Waals surface area contributed by atoms with E-state index in [1.54, 1.807) is 42.5 Å². The predicted molar refractivity (Wildman–Crippen MR) is 89.8 cm³/mol. The molecular formula is C15H16N2O2S2. The summed E-state index contributed by atoms with van der Waals surface area (Å²) in [6.45, 7) is 1.91. The maximum absolute atomic E-state index is 12.2. The van der Waals surface area contributed by atoms with Crippen LogP contribution in [0.15, 0.2) is 48.5 Å². The molecule has 6 heteroatoms. The molecule has 0 atom stereocenters. The van der Waals surface area contributed by atoms with Crippen LogP contribution < -0.4 is 10.5 Å². The highest BCUT2D eigenvalue weighted by atomic mass is 32.2. The number of nitrogens with two attached hydrogens (primary N) is 1. The van der Waals surface area contributed by atoms with Gasteiger partial charge in [0.2, 0.25) is 10.0 Å². The van der Waals surface area contributed by atoms with Crippen LogP contribution in [0.25, 0.3) is 0 Å². The number of hydrogen-bond acceptors (Lipinski definition) is 3. The third-order valence-electron chi connectivity index (χ3n) is 2.86. The van der Waals surface area contributed by atoms with E-state index in [2.05, 4.69) is 4.72 Å². The minimum Gasteiger partial charge on any atom is -0.389 e. The highest BCUT2D eigenvalue weighted by Crippen LogP contribution is 2.15. The zero-order valence-electron chi connectivity index (χ0n) is 11.5. The number of hydrogen-bond donors (Lipinski definition) is 2. The lowest BCUT2D eigenvalue weighted by molar-refractivity contribution is 0.600. The van der Waals surface area contributed by atoms with Gasteiger partial charge in [0.1, 0.15) is 4.99 Å². The molecule has 0 unspecified atom stereocenters. The summed E-state index contributed by atoms with van der Waals surface area (Å²) < 4.78 is 26.9. The van der Waals surface area contributed by atoms with Gasteiger partial charge < -0.3 is 5.73 Å². The van der Waals surface area contributed by atoms with Gasteiger partial charge in [-0.2, -0.15) is 0 Å². The summed E-state index contributed by atoms with van der Waals surface area (Å²) in [5.41, 5.74) is 8.40. The van der Waals surface area contributed by atoms with E-state index in [4.69, 9.17) is 18.0 Å². The van der Waals surface area contributed by atoms with Crippen LogP contribution in [0.4, 0.5) is 5.69 Å². The van der Waals surface area contributed by atoms with Gasteiger partial charge in [-0.05, 0) is 36.2 Å². The van der Waals surface area contributed by atoms with E-state index >= 15 is 0 Å². The lowest BCUT2D eigenvalue weighted by atomic mass is 10.1. The van der Waals surface area contributed by atoms with E-state index in [1.807, 2.05) is 13.0 Å². The average molecular weight is 320 g/mol. The normalized spacial score (nSPS) is 11.1. The highest BCUT2D eigenvalue weighted by molar-refractivity contribution is 7.91. The van der Waals surface area contributed by atoms with Crippen molar-refractivity contribution in [2.24, 2.45) is 5.73 Å². The molecule has 0 saturated carbocycles. The van der Waals surface area contributed by atoms with E-state index in [0.717, 1.165) is 5.56 Å². The Morgan fingerprint density at radius 2 is 1.90 bits per heavy atom. The molecule has 0 aliphatic carbocycles. The predicted octanol–water partition coefficient (Wildman–Crippen LogP) is 2.57. The Kier molecular flexibility index (Phi) is 4.59. The molecule has 0 bridgehead atoms. The van der Waals surface area contributed by atoms with Crippen molar-refractivity contribution in [3.63, 3.8) is 0 Å². The number of nitrogens with one attached hydrogen (secondary N) is 1. The van der Waals surface area contributed by atoms with Gasteiger partial charge in [0.05, 0.1) is 5.75 Å². The van der Waals surface area contributed by atoms with Gasteiger partial charge in [-0.1, -0.05) is 42.5 Å². The van der Waals surface area contributed by atoms with Crippen molar-refractivity contribution in [3.05, 3.63) is 65.2 Å². The molecule has 110 valence electrons. The number of benzene rings is 2. The third kappa shape index (κ3) is 4.54. The van der Waals surface area contributed by atoms with Crippen LogP contribution in [0, 0.1) is 6.92 Å². The third-order valence-corrected chi connectivity index (χ3v) is 4.36. The van der Waals surface area contributed by atoms with Gasteiger partial charge in [0, 0.05) is 11.3 Å². The smallest absolute Gasteiger partial charge is 0.236 e. The molecular weight excluding hydrogens is 304 g/mol. The fourth-order valence-electron chi connectivity index (χ4n) is 1.96. The van der Waals surface area contributed by atoms with Crippen molar-refractivity contribution in [2.45, 2.75) is 12.7 Å². The maximum atomic E-state index is 12.2. The van der Waals surface area contributed by atoms with Gasteiger partial charge in [-0.15, -0.1) is 0 Å². The van der Waals surface area contributed by atoms with Crippen LogP contribution in [0.5, 0.6) is 0 Å². The lowest BCUT2D eigenvalue weighted by Gasteiger charge is -2.09. The Balaban J connectivity index is 2.18. The largest absolute Gasteiger partial charge is 0.389 e. The van der Waals surface area contributed by atoms with Crippen molar-refractivity contribution in [3.8, 4) is 0 Å². The van der Waals surface area contributed by atoms with Crippen molar-refractivity contribution in [1.82, 2.24) is 0 Å². The Morgan fingerprint density at radius 3 is 2.57 bits per heavy atom. The van der Waals surface area contributed by atoms with Gasteiger partial charge in [0.25, 0.3) is 0 Å². The molecule has 0 aliphatic rings. The quantitative estimate of drug-likeness (QED) is 0.831. The summed E-state index contributed by atoms with van der Waals surface area (Å²) in [4.78, 5) is 0.251. The number of aryl methyl sites for hydroxylation is 1. The zero-order valence-corrected chi connectivity index (χ0v) is 13.2. The topological polar surface area (TPSA) is 72.2 Å². The Hall–Kier alpha value is -1.92. The number of rotatable bonds is 5. The molecule has 0 fully saturated rings. The molecule has 21 heavy (non-hydrogen) atoms. The van der Waals surface area contributed by atoms with E-state index in [0.29, 0.717) is 16.8 Å². The minimum absolute atomic E-state index is 0.128. The molecule has 0 spiro atoms. The van der Waals surface area contributed by atoms with Crippen LogP contribution in [0.3, 0.4) is 0 Å². The highest BCUT2D eigenvalue weighted by Gasteiger charge is 2.12. The molecule has 2 rings (SSSR count). The molecule has 0 aliphatic heterocycles. The second kappa shape index (κ2) is 6.24. The van der Waals surface area contributed by atoms with E-state index in [-0.39, 0.29) is 10.7 Å². The SMILES string of the molecule is Cc1cccc(NS(=O)(=O)Cc2cccc(C(N)=S)c2)c1. The van der Waals surface area contributed by atoms with Crippen molar-refractivity contribution < 1.29 is 8.42 Å². The summed E-state index contributed by atoms with van der Waals surface area (Å²) in [5, 5.41) is 0. The molecule has 0 heterocycles. The van der Waals surface area contributed by atoms with Crippen LogP contribution in [0.1, 0.15) is 16.7 Å². The van der Waals surface area contributed by atoms with Crippen LogP contribution in [0.2, 0.25) is 0 Å². The van der Waals surface area contributed by atoms with Crippen molar-refractivity contribution in [2.75, 3.05) is 4.72 Å². The first-order chi connectivity index (χ1) is 9.85. The molecule has 4 nitrogen and oxygen atoms in total. The van der Waals surface area contributed by atoms with Gasteiger partial charge >= 0.3 is 0 Å². The molecule has 3 N–H and O–H groups in total. The summed E-state index contributed by atoms with van der Waals surface area (Å²) >= 11 is 4.89. The van der Waals surface area contributed by atoms with Crippen molar-refractivity contribution in [1.29, 1.82) is 0 Å². The number of anilines is 1. The Labute approximate surface area is 130 Å². The number of thiocarbonyl (C=S) groups is 1. The van der Waals surface area contributed by atoms with E-state index in [1.165, 1.54) is 0 Å². The van der Waals surface area contributed by atoms with Gasteiger partial charge in [-0.3, -0.25) is 4.72 Å². The Bertz CT molecular complexity index is 771. The molecule has 2 aromatic carbocycles. The fraction of sp³-hybridized carbons (Fsp3) is 0.133.